The Labute approximate surface area is 405 Å². The topological polar surface area (TPSA) is 181 Å². The molecular formula is C54H66N6O7S. The van der Waals surface area contributed by atoms with Crippen LogP contribution in [0.2, 0.25) is 0 Å². The molecule has 0 aliphatic rings. The standard InChI is InChI=1S/C54H66N6O7S/c1-38(2)47(57-50(61)45(32-20-21-33-55)56-54(65)67-36-42-26-14-7-15-27-42)53(64)60(34-40-22-10-5-11-23-40)46(37-68-4)51(62)58-48(39(3)66-35-41-24-12-6-13-25-41)52(63)59-49(43-28-16-8-17-29-43)44-30-18-9-19-31-44/h5-19,22-31,38-39,45-49H,20-21,32-37,55H2,1-4H3,(H,56,65)(H,57,61)(H,58,62)(H,59,63)/t39-,45+,46+,47+,48+/m1/s1. The number of unbranched alkanes of at least 4 members (excludes halogenated alkanes) is 1. The number of ether oxygens (including phenoxy) is 2. The minimum absolute atomic E-state index is 0.00529. The van der Waals surface area contributed by atoms with Gasteiger partial charge in [0.2, 0.25) is 23.6 Å². The molecule has 0 bridgehead atoms. The highest BCUT2D eigenvalue weighted by atomic mass is 32.2. The number of hydrogen-bond acceptors (Lipinski definition) is 9. The molecule has 0 saturated carbocycles. The highest BCUT2D eigenvalue weighted by Crippen LogP contribution is 2.23. The monoisotopic (exact) mass is 942 g/mol. The van der Waals surface area contributed by atoms with E-state index in [1.807, 2.05) is 158 Å². The van der Waals surface area contributed by atoms with E-state index in [1.165, 1.54) is 16.7 Å². The molecule has 0 unspecified atom stereocenters. The van der Waals surface area contributed by atoms with E-state index in [9.17, 15) is 14.4 Å². The van der Waals surface area contributed by atoms with Crippen molar-refractivity contribution in [1.82, 2.24) is 26.2 Å². The van der Waals surface area contributed by atoms with Gasteiger partial charge in [0.15, 0.2) is 0 Å². The van der Waals surface area contributed by atoms with Crippen molar-refractivity contribution in [3.63, 3.8) is 0 Å². The first-order valence-electron chi connectivity index (χ1n) is 23.2. The molecule has 5 rings (SSSR count). The fraction of sp³-hybridized carbons (Fsp3) is 0.352. The Morgan fingerprint density at radius 3 is 1.60 bits per heavy atom. The summed E-state index contributed by atoms with van der Waals surface area (Å²) in [4.78, 5) is 73.7. The Kier molecular flexibility index (Phi) is 21.6. The number of nitrogens with two attached hydrogens (primary N) is 1. The minimum atomic E-state index is -1.21. The number of benzene rings is 5. The molecular weight excluding hydrogens is 877 g/mol. The van der Waals surface area contributed by atoms with Gasteiger partial charge in [-0.05, 0) is 72.7 Å². The number of carbonyl (C=O) groups excluding carboxylic acids is 5. The molecule has 360 valence electrons. The van der Waals surface area contributed by atoms with E-state index < -0.39 is 72.0 Å². The maximum atomic E-state index is 15.2. The predicted octanol–water partition coefficient (Wildman–Crippen LogP) is 7.31. The first-order valence-corrected chi connectivity index (χ1v) is 24.6. The molecule has 0 spiro atoms. The van der Waals surface area contributed by atoms with Crippen molar-refractivity contribution in [2.45, 2.75) is 96.1 Å². The number of amides is 5. The van der Waals surface area contributed by atoms with Crippen LogP contribution in [0.1, 0.15) is 73.9 Å². The maximum Gasteiger partial charge on any atom is 0.408 e. The van der Waals surface area contributed by atoms with E-state index in [-0.39, 0.29) is 31.9 Å². The second-order valence-electron chi connectivity index (χ2n) is 16.9. The van der Waals surface area contributed by atoms with E-state index >= 15 is 9.59 Å². The number of hydrogen-bond donors (Lipinski definition) is 5. The van der Waals surface area contributed by atoms with E-state index in [1.54, 1.807) is 20.8 Å². The molecule has 0 saturated heterocycles. The maximum absolute atomic E-state index is 15.2. The third-order valence-electron chi connectivity index (χ3n) is 11.4. The highest BCUT2D eigenvalue weighted by molar-refractivity contribution is 7.98. The molecule has 6 N–H and O–H groups in total. The number of nitrogens with zero attached hydrogens (tertiary/aromatic N) is 1. The van der Waals surface area contributed by atoms with Crippen molar-refractivity contribution in [1.29, 1.82) is 0 Å². The van der Waals surface area contributed by atoms with Crippen molar-refractivity contribution in [3.05, 3.63) is 179 Å². The summed E-state index contributed by atoms with van der Waals surface area (Å²) in [5.41, 5.74) is 9.89. The first-order chi connectivity index (χ1) is 33.0. The summed E-state index contributed by atoms with van der Waals surface area (Å²) in [6.45, 7) is 5.95. The summed E-state index contributed by atoms with van der Waals surface area (Å²) >= 11 is 1.37. The van der Waals surface area contributed by atoms with Gasteiger partial charge in [-0.15, -0.1) is 0 Å². The van der Waals surface area contributed by atoms with Crippen LogP contribution in [0.5, 0.6) is 0 Å². The van der Waals surface area contributed by atoms with E-state index in [2.05, 4.69) is 21.3 Å². The lowest BCUT2D eigenvalue weighted by Crippen LogP contribution is -2.62. The predicted molar refractivity (Wildman–Crippen MR) is 268 cm³/mol. The zero-order valence-electron chi connectivity index (χ0n) is 39.4. The Morgan fingerprint density at radius 2 is 1.09 bits per heavy atom. The van der Waals surface area contributed by atoms with E-state index in [0.717, 1.165) is 27.8 Å². The van der Waals surface area contributed by atoms with Gasteiger partial charge in [0.25, 0.3) is 0 Å². The molecule has 0 aliphatic heterocycles. The largest absolute Gasteiger partial charge is 0.445 e. The van der Waals surface area contributed by atoms with Gasteiger partial charge < -0.3 is 41.4 Å². The van der Waals surface area contributed by atoms with Crippen LogP contribution in [-0.4, -0.2) is 83.4 Å². The summed E-state index contributed by atoms with van der Waals surface area (Å²) in [7, 11) is 0. The van der Waals surface area contributed by atoms with Gasteiger partial charge in [-0.2, -0.15) is 11.8 Å². The van der Waals surface area contributed by atoms with Crippen LogP contribution in [0.3, 0.4) is 0 Å². The fourth-order valence-electron chi connectivity index (χ4n) is 7.63. The van der Waals surface area contributed by atoms with Crippen molar-refractivity contribution in [3.8, 4) is 0 Å². The second kappa shape index (κ2) is 28.0. The van der Waals surface area contributed by atoms with Crippen LogP contribution in [-0.2, 0) is 48.4 Å². The molecule has 5 aromatic rings. The van der Waals surface area contributed by atoms with Crippen LogP contribution < -0.4 is 27.0 Å². The molecule has 0 aromatic heterocycles. The van der Waals surface area contributed by atoms with Gasteiger partial charge in [-0.3, -0.25) is 19.2 Å². The molecule has 0 heterocycles. The number of alkyl carbamates (subject to hydrolysis) is 1. The Bertz CT molecular complexity index is 2250. The number of nitrogens with one attached hydrogen (secondary N) is 4. The van der Waals surface area contributed by atoms with Crippen molar-refractivity contribution < 1.29 is 33.4 Å². The van der Waals surface area contributed by atoms with E-state index in [0.29, 0.717) is 19.4 Å². The number of rotatable bonds is 26. The van der Waals surface area contributed by atoms with Crippen molar-refractivity contribution in [2.75, 3.05) is 18.6 Å². The smallest absolute Gasteiger partial charge is 0.408 e. The second-order valence-corrected chi connectivity index (χ2v) is 17.9. The Hall–Kier alpha value is -6.48. The highest BCUT2D eigenvalue weighted by Gasteiger charge is 2.39. The molecule has 0 aliphatic carbocycles. The molecule has 13 nitrogen and oxygen atoms in total. The average molecular weight is 943 g/mol. The zero-order valence-corrected chi connectivity index (χ0v) is 40.2. The van der Waals surface area contributed by atoms with Crippen molar-refractivity contribution in [2.24, 2.45) is 11.7 Å². The lowest BCUT2D eigenvalue weighted by Gasteiger charge is -2.36. The van der Waals surface area contributed by atoms with Crippen LogP contribution in [0.25, 0.3) is 0 Å². The summed E-state index contributed by atoms with van der Waals surface area (Å²) < 4.78 is 11.8. The molecule has 68 heavy (non-hydrogen) atoms. The molecule has 5 aromatic carbocycles. The lowest BCUT2D eigenvalue weighted by molar-refractivity contribution is -0.145. The van der Waals surface area contributed by atoms with Gasteiger partial charge in [0, 0.05) is 12.3 Å². The van der Waals surface area contributed by atoms with Gasteiger partial charge in [0.1, 0.15) is 30.8 Å². The number of carbonyl (C=O) groups is 5. The first kappa shape index (κ1) is 52.5. The molecule has 5 amide bonds. The average Bonchev–Trinajstić information content (AvgIpc) is 3.36. The zero-order chi connectivity index (χ0) is 48.7. The third kappa shape index (κ3) is 16.4. The van der Waals surface area contributed by atoms with Crippen LogP contribution in [0.15, 0.2) is 152 Å². The Balaban J connectivity index is 1.45. The van der Waals surface area contributed by atoms with Crippen molar-refractivity contribution >= 4 is 41.5 Å². The summed E-state index contributed by atoms with van der Waals surface area (Å²) in [6.07, 6.45) is 1.62. The van der Waals surface area contributed by atoms with E-state index in [4.69, 9.17) is 15.2 Å². The summed E-state index contributed by atoms with van der Waals surface area (Å²) in [6, 6.07) is 42.1. The molecule has 0 radical (unpaired) electrons. The normalized spacial score (nSPS) is 13.3. The van der Waals surface area contributed by atoms with Gasteiger partial charge in [-0.1, -0.05) is 166 Å². The molecule has 5 atom stereocenters. The molecule has 0 fully saturated rings. The van der Waals surface area contributed by atoms with Gasteiger partial charge >= 0.3 is 6.09 Å². The third-order valence-corrected chi connectivity index (χ3v) is 12.1. The SMILES string of the molecule is CSC[C@@H](C(=O)N[C@H](C(=O)NC(c1ccccc1)c1ccccc1)[C@@H](C)OCc1ccccc1)N(Cc1ccccc1)C(=O)[C@@H](NC(=O)[C@H](CCCCN)NC(=O)OCc1ccccc1)C(C)C. The summed E-state index contributed by atoms with van der Waals surface area (Å²) in [5, 5.41) is 11.9. The number of thioether (sulfide) groups is 1. The quantitative estimate of drug-likeness (QED) is 0.0356. The summed E-state index contributed by atoms with van der Waals surface area (Å²) in [5.74, 6) is -2.45. The van der Waals surface area contributed by atoms with Crippen LogP contribution in [0.4, 0.5) is 4.79 Å². The van der Waals surface area contributed by atoms with Gasteiger partial charge in [0.05, 0.1) is 18.8 Å². The minimum Gasteiger partial charge on any atom is -0.445 e. The Morgan fingerprint density at radius 1 is 0.588 bits per heavy atom. The van der Waals surface area contributed by atoms with Crippen LogP contribution in [0, 0.1) is 5.92 Å². The van der Waals surface area contributed by atoms with Crippen LogP contribution >= 0.6 is 11.8 Å². The molecule has 14 heteroatoms. The lowest BCUT2D eigenvalue weighted by atomic mass is 9.98. The fourth-order valence-corrected chi connectivity index (χ4v) is 8.27. The van der Waals surface area contributed by atoms with Gasteiger partial charge in [-0.25, -0.2) is 4.79 Å².